The second kappa shape index (κ2) is 8.22. The number of fused-ring (bicyclic) bond motifs is 2. The Morgan fingerprint density at radius 2 is 1.52 bits per heavy atom. The highest BCUT2D eigenvalue weighted by atomic mass is 32.2. The molecule has 0 amide bonds. The van der Waals surface area contributed by atoms with E-state index in [0.717, 1.165) is 27.5 Å². The molecule has 0 bridgehead atoms. The first kappa shape index (κ1) is 20.4. The molecule has 1 atom stereocenters. The van der Waals surface area contributed by atoms with Gasteiger partial charge in [0, 0.05) is 41.7 Å². The van der Waals surface area contributed by atoms with E-state index in [1.165, 1.54) is 4.90 Å². The zero-order valence-electron chi connectivity index (χ0n) is 17.4. The molecule has 31 heavy (non-hydrogen) atoms. The van der Waals surface area contributed by atoms with Gasteiger partial charge in [0.1, 0.15) is 0 Å². The molecule has 2 aliphatic rings. The lowest BCUT2D eigenvalue weighted by molar-refractivity contribution is 0.380. The Labute approximate surface area is 188 Å². The molecule has 1 N–H and O–H groups in total. The minimum absolute atomic E-state index is 0.508. The van der Waals surface area contributed by atoms with Crippen molar-refractivity contribution < 1.29 is 8.42 Å². The summed E-state index contributed by atoms with van der Waals surface area (Å²) in [5, 5.41) is 2.86. The second-order valence-corrected chi connectivity index (χ2v) is 11.2. The fourth-order valence-electron chi connectivity index (χ4n) is 4.14. The van der Waals surface area contributed by atoms with Crippen molar-refractivity contribution in [3.8, 4) is 0 Å². The van der Waals surface area contributed by atoms with Gasteiger partial charge in [-0.3, -0.25) is 0 Å². The third-order valence-corrected chi connectivity index (χ3v) is 9.42. The first-order valence-electron chi connectivity index (χ1n) is 10.5. The largest absolute Gasteiger partial charge is 0.369 e. The topological polar surface area (TPSA) is 52.7 Å². The summed E-state index contributed by atoms with van der Waals surface area (Å²) in [5.74, 6) is 0. The molecule has 160 valence electrons. The predicted molar refractivity (Wildman–Crippen MR) is 128 cm³/mol. The number of rotatable bonds is 4. The third-order valence-electron chi connectivity index (χ3n) is 6.02. The van der Waals surface area contributed by atoms with Crippen LogP contribution >= 0.6 is 11.8 Å². The number of nitrogens with one attached hydrogen (secondary N) is 1. The Balaban J connectivity index is 1.32. The maximum atomic E-state index is 13.4. The van der Waals surface area contributed by atoms with E-state index in [9.17, 15) is 8.42 Å². The fraction of sp³-hybridized carbons (Fsp3) is 0.250. The number of benzene rings is 3. The highest BCUT2D eigenvalue weighted by Gasteiger charge is 2.33. The van der Waals surface area contributed by atoms with E-state index < -0.39 is 15.3 Å². The van der Waals surface area contributed by atoms with E-state index in [1.54, 1.807) is 23.0 Å². The molecule has 0 spiro atoms. The van der Waals surface area contributed by atoms with Gasteiger partial charge in [0.15, 0.2) is 0 Å². The first-order valence-corrected chi connectivity index (χ1v) is 12.8. The van der Waals surface area contributed by atoms with Crippen LogP contribution in [0.25, 0.3) is 0 Å². The molecule has 0 aromatic heterocycles. The Kier molecular flexibility index (Phi) is 5.42. The van der Waals surface area contributed by atoms with Crippen LogP contribution in [0.5, 0.6) is 0 Å². The van der Waals surface area contributed by atoms with Gasteiger partial charge in [-0.25, -0.2) is 8.42 Å². The van der Waals surface area contributed by atoms with Crippen LogP contribution in [0, 0.1) is 0 Å². The summed E-state index contributed by atoms with van der Waals surface area (Å²) in [7, 11) is -3.44. The standard InChI is InChI=1S/C24H25N3O2S2/c1-18(19-11-12-24-22(17-19)25-21-9-5-6-10-23(21)30-24)31(28,29)27-15-13-26(14-16-27)20-7-3-2-4-8-20/h2-12,17-18,25H,13-16H2,1H3. The van der Waals surface area contributed by atoms with Crippen LogP contribution in [-0.2, 0) is 10.0 Å². The van der Waals surface area contributed by atoms with Crippen LogP contribution < -0.4 is 10.2 Å². The van der Waals surface area contributed by atoms with E-state index in [-0.39, 0.29) is 0 Å². The monoisotopic (exact) mass is 451 g/mol. The summed E-state index contributed by atoms with van der Waals surface area (Å²) < 4.78 is 28.4. The Morgan fingerprint density at radius 3 is 2.29 bits per heavy atom. The summed E-state index contributed by atoms with van der Waals surface area (Å²) in [4.78, 5) is 4.54. The molecule has 3 aromatic carbocycles. The van der Waals surface area contributed by atoms with Gasteiger partial charge in [-0.15, -0.1) is 0 Å². The van der Waals surface area contributed by atoms with Gasteiger partial charge < -0.3 is 10.2 Å². The van der Waals surface area contributed by atoms with Crippen molar-refractivity contribution in [2.24, 2.45) is 0 Å². The molecule has 1 fully saturated rings. The lowest BCUT2D eigenvalue weighted by Gasteiger charge is -2.36. The maximum Gasteiger partial charge on any atom is 0.221 e. The zero-order valence-corrected chi connectivity index (χ0v) is 19.0. The molecule has 0 radical (unpaired) electrons. The van der Waals surface area contributed by atoms with Crippen molar-refractivity contribution in [1.29, 1.82) is 0 Å². The number of hydrogen-bond donors (Lipinski definition) is 1. The number of sulfonamides is 1. The molecule has 5 rings (SSSR count). The highest BCUT2D eigenvalue weighted by Crippen LogP contribution is 2.45. The Morgan fingerprint density at radius 1 is 0.839 bits per heavy atom. The molecule has 0 saturated carbocycles. The molecule has 1 saturated heterocycles. The van der Waals surface area contributed by atoms with E-state index in [2.05, 4.69) is 28.4 Å². The lowest BCUT2D eigenvalue weighted by Crippen LogP contribution is -2.49. The van der Waals surface area contributed by atoms with Gasteiger partial charge in [-0.2, -0.15) is 4.31 Å². The van der Waals surface area contributed by atoms with Crippen LogP contribution in [0.3, 0.4) is 0 Å². The summed E-state index contributed by atoms with van der Waals surface area (Å²) in [5.41, 5.74) is 3.99. The van der Waals surface area contributed by atoms with Gasteiger partial charge in [-0.1, -0.05) is 48.2 Å². The lowest BCUT2D eigenvalue weighted by atomic mass is 10.1. The number of para-hydroxylation sites is 2. The minimum atomic E-state index is -3.44. The SMILES string of the molecule is CC(c1ccc2c(c1)Nc1ccccc1S2)S(=O)(=O)N1CCN(c2ccccc2)CC1. The van der Waals surface area contributed by atoms with E-state index >= 15 is 0 Å². The van der Waals surface area contributed by atoms with Crippen molar-refractivity contribution >= 4 is 38.8 Å². The molecule has 2 aliphatic heterocycles. The molecule has 1 unspecified atom stereocenters. The van der Waals surface area contributed by atoms with Crippen LogP contribution in [0.2, 0.25) is 0 Å². The van der Waals surface area contributed by atoms with Gasteiger partial charge in [0.25, 0.3) is 0 Å². The van der Waals surface area contributed by atoms with Gasteiger partial charge in [0.05, 0.1) is 16.6 Å². The molecule has 7 heteroatoms. The quantitative estimate of drug-likeness (QED) is 0.467. The highest BCUT2D eigenvalue weighted by molar-refractivity contribution is 7.99. The van der Waals surface area contributed by atoms with Crippen LogP contribution in [-0.4, -0.2) is 38.9 Å². The molecule has 5 nitrogen and oxygen atoms in total. The summed E-state index contributed by atoms with van der Waals surface area (Å²) in [6.07, 6.45) is 0. The van der Waals surface area contributed by atoms with Crippen molar-refractivity contribution in [2.45, 2.75) is 22.0 Å². The van der Waals surface area contributed by atoms with Gasteiger partial charge in [-0.05, 0) is 48.9 Å². The molecule has 3 aromatic rings. The first-order chi connectivity index (χ1) is 15.0. The summed E-state index contributed by atoms with van der Waals surface area (Å²) in [6, 6.07) is 24.3. The van der Waals surface area contributed by atoms with E-state index in [4.69, 9.17) is 0 Å². The summed E-state index contributed by atoms with van der Waals surface area (Å²) >= 11 is 1.71. The second-order valence-electron chi connectivity index (χ2n) is 7.89. The predicted octanol–water partition coefficient (Wildman–Crippen LogP) is 5.11. The minimum Gasteiger partial charge on any atom is -0.369 e. The number of hydrogen-bond acceptors (Lipinski definition) is 5. The average molecular weight is 452 g/mol. The smallest absolute Gasteiger partial charge is 0.221 e. The van der Waals surface area contributed by atoms with Crippen molar-refractivity contribution in [1.82, 2.24) is 4.31 Å². The zero-order chi connectivity index (χ0) is 21.4. The van der Waals surface area contributed by atoms with Crippen LogP contribution in [0.15, 0.2) is 82.6 Å². The van der Waals surface area contributed by atoms with Crippen molar-refractivity contribution in [3.05, 3.63) is 78.4 Å². The fourth-order valence-corrected chi connectivity index (χ4v) is 6.72. The normalized spacial score (nSPS) is 17.4. The van der Waals surface area contributed by atoms with Gasteiger partial charge >= 0.3 is 0 Å². The molecule has 0 aliphatic carbocycles. The Bertz CT molecular complexity index is 1190. The van der Waals surface area contributed by atoms with Crippen LogP contribution in [0.1, 0.15) is 17.7 Å². The number of piperazine rings is 1. The van der Waals surface area contributed by atoms with Crippen LogP contribution in [0.4, 0.5) is 17.1 Å². The number of nitrogens with zero attached hydrogens (tertiary/aromatic N) is 2. The van der Waals surface area contributed by atoms with E-state index in [1.807, 2.05) is 54.6 Å². The average Bonchev–Trinajstić information content (AvgIpc) is 2.82. The molecular formula is C24H25N3O2S2. The van der Waals surface area contributed by atoms with Crippen molar-refractivity contribution in [2.75, 3.05) is 36.4 Å². The molecule has 2 heterocycles. The van der Waals surface area contributed by atoms with Gasteiger partial charge in [0.2, 0.25) is 10.0 Å². The summed E-state index contributed by atoms with van der Waals surface area (Å²) in [6.45, 7) is 4.22. The molecular weight excluding hydrogens is 426 g/mol. The third kappa shape index (κ3) is 3.93. The maximum absolute atomic E-state index is 13.4. The number of anilines is 3. The van der Waals surface area contributed by atoms with E-state index in [0.29, 0.717) is 26.2 Å². The Hall–Kier alpha value is -2.48. The van der Waals surface area contributed by atoms with Crippen molar-refractivity contribution in [3.63, 3.8) is 0 Å².